The molecule has 0 aliphatic rings. The van der Waals surface area contributed by atoms with Crippen LogP contribution in [0.25, 0.3) is 11.0 Å². The summed E-state index contributed by atoms with van der Waals surface area (Å²) in [6, 6.07) is 10.7. The molecule has 1 aromatic carbocycles. The smallest absolute Gasteiger partial charge is 0.134 e. The summed E-state index contributed by atoms with van der Waals surface area (Å²) in [7, 11) is 2.01. The molecule has 0 spiro atoms. The molecule has 0 saturated carbocycles. The molecule has 0 radical (unpaired) electrons. The zero-order valence-corrected chi connectivity index (χ0v) is 11.6. The topological polar surface area (TPSA) is 25.2 Å². The highest BCUT2D eigenvalue weighted by Gasteiger charge is 2.17. The summed E-state index contributed by atoms with van der Waals surface area (Å²) >= 11 is 0. The van der Waals surface area contributed by atoms with Crippen LogP contribution in [0.1, 0.15) is 44.9 Å². The van der Waals surface area contributed by atoms with Crippen LogP contribution < -0.4 is 5.32 Å². The highest BCUT2D eigenvalue weighted by Crippen LogP contribution is 2.28. The van der Waals surface area contributed by atoms with E-state index in [0.717, 1.165) is 23.7 Å². The third kappa shape index (κ3) is 2.94. The van der Waals surface area contributed by atoms with Crippen molar-refractivity contribution in [3.63, 3.8) is 0 Å². The lowest BCUT2D eigenvalue weighted by Gasteiger charge is -2.18. The molecule has 1 N–H and O–H groups in total. The van der Waals surface area contributed by atoms with Crippen molar-refractivity contribution >= 4 is 11.0 Å². The van der Waals surface area contributed by atoms with Crippen LogP contribution in [0.5, 0.6) is 0 Å². The van der Waals surface area contributed by atoms with Gasteiger partial charge >= 0.3 is 0 Å². The van der Waals surface area contributed by atoms with Gasteiger partial charge < -0.3 is 9.73 Å². The Hall–Kier alpha value is -1.28. The molecule has 2 heteroatoms. The molecule has 2 rings (SSSR count). The van der Waals surface area contributed by atoms with Gasteiger partial charge in [0, 0.05) is 5.39 Å². The van der Waals surface area contributed by atoms with Crippen molar-refractivity contribution in [2.75, 3.05) is 7.05 Å². The first-order chi connectivity index (χ1) is 8.74. The van der Waals surface area contributed by atoms with Crippen LogP contribution in [0.4, 0.5) is 0 Å². The molecular weight excluding hydrogens is 222 g/mol. The Bertz CT molecular complexity index is 456. The Balaban J connectivity index is 2.16. The van der Waals surface area contributed by atoms with Crippen LogP contribution >= 0.6 is 0 Å². The van der Waals surface area contributed by atoms with Crippen LogP contribution in [0, 0.1) is 5.92 Å². The van der Waals surface area contributed by atoms with Gasteiger partial charge in [0.2, 0.25) is 0 Å². The first-order valence-electron chi connectivity index (χ1n) is 6.90. The maximum absolute atomic E-state index is 5.94. The zero-order chi connectivity index (χ0) is 13.0. The summed E-state index contributed by atoms with van der Waals surface area (Å²) in [6.07, 6.45) is 3.65. The van der Waals surface area contributed by atoms with Gasteiger partial charge in [0.05, 0.1) is 6.04 Å². The van der Waals surface area contributed by atoms with Crippen LogP contribution in [0.3, 0.4) is 0 Å². The van der Waals surface area contributed by atoms with E-state index in [2.05, 4.69) is 37.4 Å². The molecule has 0 saturated heterocycles. The molecule has 2 unspecified atom stereocenters. The van der Waals surface area contributed by atoms with Crippen LogP contribution in [-0.4, -0.2) is 7.05 Å². The van der Waals surface area contributed by atoms with Gasteiger partial charge in [-0.15, -0.1) is 0 Å². The Morgan fingerprint density at radius 1 is 1.28 bits per heavy atom. The molecule has 2 aromatic rings. The quantitative estimate of drug-likeness (QED) is 0.809. The fourth-order valence-electron chi connectivity index (χ4n) is 2.56. The highest BCUT2D eigenvalue weighted by molar-refractivity contribution is 5.77. The zero-order valence-electron chi connectivity index (χ0n) is 11.6. The van der Waals surface area contributed by atoms with Gasteiger partial charge in [0.1, 0.15) is 11.3 Å². The van der Waals surface area contributed by atoms with Gasteiger partial charge in [0.15, 0.2) is 0 Å². The second-order valence-corrected chi connectivity index (χ2v) is 5.16. The lowest BCUT2D eigenvalue weighted by molar-refractivity contribution is 0.362. The number of benzene rings is 1. The second-order valence-electron chi connectivity index (χ2n) is 5.16. The SMILES string of the molecule is CCCC(C)CC(NC)c1cc2ccccc2o1. The number of hydrogen-bond acceptors (Lipinski definition) is 2. The van der Waals surface area contributed by atoms with Gasteiger partial charge in [0.25, 0.3) is 0 Å². The van der Waals surface area contributed by atoms with Crippen molar-refractivity contribution in [3.05, 3.63) is 36.1 Å². The molecule has 0 aliphatic heterocycles. The highest BCUT2D eigenvalue weighted by atomic mass is 16.3. The maximum atomic E-state index is 5.94. The van der Waals surface area contributed by atoms with Gasteiger partial charge in [-0.25, -0.2) is 0 Å². The first-order valence-corrected chi connectivity index (χ1v) is 6.90. The van der Waals surface area contributed by atoms with E-state index in [0.29, 0.717) is 6.04 Å². The molecule has 0 aliphatic carbocycles. The van der Waals surface area contributed by atoms with Gasteiger partial charge in [-0.1, -0.05) is 44.9 Å². The Morgan fingerprint density at radius 3 is 2.72 bits per heavy atom. The minimum absolute atomic E-state index is 0.318. The van der Waals surface area contributed by atoms with Crippen molar-refractivity contribution in [2.24, 2.45) is 5.92 Å². The van der Waals surface area contributed by atoms with E-state index >= 15 is 0 Å². The number of furan rings is 1. The summed E-state index contributed by atoms with van der Waals surface area (Å²) in [5.41, 5.74) is 0.982. The summed E-state index contributed by atoms with van der Waals surface area (Å²) in [6.45, 7) is 4.56. The monoisotopic (exact) mass is 245 g/mol. The Kier molecular flexibility index (Phi) is 4.43. The maximum Gasteiger partial charge on any atom is 0.134 e. The van der Waals surface area contributed by atoms with E-state index in [9.17, 15) is 0 Å². The molecule has 0 fully saturated rings. The number of para-hydroxylation sites is 1. The summed E-state index contributed by atoms with van der Waals surface area (Å²) < 4.78 is 5.94. The third-order valence-corrected chi connectivity index (χ3v) is 3.56. The second kappa shape index (κ2) is 6.05. The molecular formula is C16H23NO. The van der Waals surface area contributed by atoms with Gasteiger partial charge in [-0.2, -0.15) is 0 Å². The van der Waals surface area contributed by atoms with Crippen molar-refractivity contribution in [1.82, 2.24) is 5.32 Å². The van der Waals surface area contributed by atoms with E-state index in [-0.39, 0.29) is 0 Å². The fraction of sp³-hybridized carbons (Fsp3) is 0.500. The summed E-state index contributed by atoms with van der Waals surface area (Å²) in [5.74, 6) is 1.78. The predicted molar refractivity (Wildman–Crippen MR) is 76.7 cm³/mol. The molecule has 1 heterocycles. The van der Waals surface area contributed by atoms with Crippen molar-refractivity contribution in [2.45, 2.75) is 39.2 Å². The Morgan fingerprint density at radius 2 is 2.06 bits per heavy atom. The summed E-state index contributed by atoms with van der Waals surface area (Å²) in [4.78, 5) is 0. The van der Waals surface area contributed by atoms with E-state index < -0.39 is 0 Å². The average Bonchev–Trinajstić information content (AvgIpc) is 2.79. The molecule has 0 amide bonds. The predicted octanol–water partition coefficient (Wildman–Crippen LogP) is 4.52. The average molecular weight is 245 g/mol. The van der Waals surface area contributed by atoms with E-state index in [4.69, 9.17) is 4.42 Å². The minimum atomic E-state index is 0.318. The molecule has 0 bridgehead atoms. The van der Waals surface area contributed by atoms with Crippen LogP contribution in [0.15, 0.2) is 34.7 Å². The molecule has 1 aromatic heterocycles. The lowest BCUT2D eigenvalue weighted by atomic mass is 9.96. The van der Waals surface area contributed by atoms with Crippen LogP contribution in [-0.2, 0) is 0 Å². The van der Waals surface area contributed by atoms with Crippen molar-refractivity contribution < 1.29 is 4.42 Å². The van der Waals surface area contributed by atoms with Gasteiger partial charge in [-0.05, 0) is 31.5 Å². The Labute approximate surface area is 109 Å². The molecule has 18 heavy (non-hydrogen) atoms. The third-order valence-electron chi connectivity index (χ3n) is 3.56. The number of nitrogens with one attached hydrogen (secondary N) is 1. The van der Waals surface area contributed by atoms with E-state index in [1.54, 1.807) is 0 Å². The summed E-state index contributed by atoms with van der Waals surface area (Å²) in [5, 5.41) is 4.57. The van der Waals surface area contributed by atoms with Crippen molar-refractivity contribution in [1.29, 1.82) is 0 Å². The largest absolute Gasteiger partial charge is 0.459 e. The molecule has 98 valence electrons. The normalized spacial score (nSPS) is 14.8. The van der Waals surface area contributed by atoms with Crippen molar-refractivity contribution in [3.8, 4) is 0 Å². The van der Waals surface area contributed by atoms with Crippen LogP contribution in [0.2, 0.25) is 0 Å². The fourth-order valence-corrected chi connectivity index (χ4v) is 2.56. The lowest BCUT2D eigenvalue weighted by Crippen LogP contribution is -2.18. The standard InChI is InChI=1S/C16H23NO/c1-4-7-12(2)10-14(17-3)16-11-13-8-5-6-9-15(13)18-16/h5-6,8-9,11-12,14,17H,4,7,10H2,1-3H3. The molecule has 2 atom stereocenters. The first kappa shape index (κ1) is 13.2. The minimum Gasteiger partial charge on any atom is -0.459 e. The number of fused-ring (bicyclic) bond motifs is 1. The number of rotatable bonds is 6. The van der Waals surface area contributed by atoms with E-state index in [1.807, 2.05) is 19.2 Å². The molecule has 2 nitrogen and oxygen atoms in total. The number of hydrogen-bond donors (Lipinski definition) is 1. The van der Waals surface area contributed by atoms with Gasteiger partial charge in [-0.3, -0.25) is 0 Å². The van der Waals surface area contributed by atoms with E-state index in [1.165, 1.54) is 18.2 Å².